The first kappa shape index (κ1) is 16.4. The van der Waals surface area contributed by atoms with Crippen LogP contribution in [0.15, 0.2) is 61.1 Å². The number of nitrogens with zero attached hydrogens (tertiary/aromatic N) is 3. The van der Waals surface area contributed by atoms with Crippen LogP contribution in [-0.4, -0.2) is 14.5 Å². The summed E-state index contributed by atoms with van der Waals surface area (Å²) in [6.07, 6.45) is 2.99. The van der Waals surface area contributed by atoms with Gasteiger partial charge >= 0.3 is 0 Å². The van der Waals surface area contributed by atoms with Crippen molar-refractivity contribution in [3.8, 4) is 16.8 Å². The molecule has 0 amide bonds. The van der Waals surface area contributed by atoms with E-state index in [-0.39, 0.29) is 17.2 Å². The van der Waals surface area contributed by atoms with Crippen molar-refractivity contribution in [2.75, 3.05) is 0 Å². The molecule has 0 aliphatic carbocycles. The molecule has 0 saturated carbocycles. The Hall–Kier alpha value is -3.12. The van der Waals surface area contributed by atoms with Crippen molar-refractivity contribution in [3.63, 3.8) is 0 Å². The second-order valence-corrected chi connectivity index (χ2v) is 6.16. The maximum atomic E-state index is 14.3. The lowest BCUT2D eigenvalue weighted by Gasteiger charge is -2.10. The molecule has 4 rings (SSSR count). The number of benzene rings is 2. The Labute approximate surface area is 148 Å². The summed E-state index contributed by atoms with van der Waals surface area (Å²) in [5.41, 5.74) is 9.51. The molecule has 6 heteroatoms. The van der Waals surface area contributed by atoms with Crippen molar-refractivity contribution in [1.82, 2.24) is 14.5 Å². The SMILES string of the molecule is CC(N)c1ccc2c(c1)ncn2-c1ccc(F)c(-c2cccnc2F)c1. The molecular formula is C20H16F2N4. The third kappa shape index (κ3) is 2.74. The van der Waals surface area contributed by atoms with E-state index in [1.165, 1.54) is 18.3 Å². The van der Waals surface area contributed by atoms with Crippen LogP contribution in [0, 0.1) is 11.8 Å². The largest absolute Gasteiger partial charge is 0.324 e. The van der Waals surface area contributed by atoms with Gasteiger partial charge in [-0.15, -0.1) is 0 Å². The van der Waals surface area contributed by atoms with E-state index in [1.54, 1.807) is 24.5 Å². The summed E-state index contributed by atoms with van der Waals surface area (Å²) in [6.45, 7) is 1.91. The number of hydrogen-bond acceptors (Lipinski definition) is 3. The van der Waals surface area contributed by atoms with Gasteiger partial charge in [-0.05, 0) is 55.0 Å². The first-order valence-corrected chi connectivity index (χ1v) is 8.18. The van der Waals surface area contributed by atoms with Crippen LogP contribution in [0.4, 0.5) is 8.78 Å². The summed E-state index contributed by atoms with van der Waals surface area (Å²) in [5.74, 6) is -1.22. The summed E-state index contributed by atoms with van der Waals surface area (Å²) < 4.78 is 30.1. The normalized spacial score (nSPS) is 12.5. The molecule has 0 aliphatic heterocycles. The first-order valence-electron chi connectivity index (χ1n) is 8.18. The fourth-order valence-electron chi connectivity index (χ4n) is 2.98. The standard InChI is InChI=1S/C20H16F2N4/c1-12(23)13-4-7-19-18(9-13)25-11-26(19)14-5-6-17(21)16(10-14)15-3-2-8-24-20(15)22/h2-12H,23H2,1H3. The summed E-state index contributed by atoms with van der Waals surface area (Å²) in [6, 6.07) is 13.3. The second-order valence-electron chi connectivity index (χ2n) is 6.16. The predicted octanol–water partition coefficient (Wildman–Crippen LogP) is 4.39. The Kier molecular flexibility index (Phi) is 3.97. The van der Waals surface area contributed by atoms with Gasteiger partial charge in [0.15, 0.2) is 0 Å². The lowest BCUT2D eigenvalue weighted by molar-refractivity contribution is 0.583. The first-order chi connectivity index (χ1) is 12.5. The van der Waals surface area contributed by atoms with Gasteiger partial charge in [0, 0.05) is 29.1 Å². The molecule has 2 N–H and O–H groups in total. The van der Waals surface area contributed by atoms with Gasteiger partial charge in [0.25, 0.3) is 0 Å². The van der Waals surface area contributed by atoms with E-state index in [0.29, 0.717) is 5.69 Å². The minimum Gasteiger partial charge on any atom is -0.324 e. The van der Waals surface area contributed by atoms with Crippen LogP contribution in [0.3, 0.4) is 0 Å². The van der Waals surface area contributed by atoms with E-state index in [1.807, 2.05) is 29.7 Å². The van der Waals surface area contributed by atoms with Crippen LogP contribution in [-0.2, 0) is 0 Å². The van der Waals surface area contributed by atoms with Gasteiger partial charge in [0.1, 0.15) is 12.1 Å². The van der Waals surface area contributed by atoms with E-state index in [0.717, 1.165) is 16.6 Å². The molecule has 0 radical (unpaired) electrons. The number of hydrogen-bond donors (Lipinski definition) is 1. The van der Waals surface area contributed by atoms with E-state index in [9.17, 15) is 8.78 Å². The third-order valence-corrected chi connectivity index (χ3v) is 4.37. The average molecular weight is 350 g/mol. The molecule has 0 bridgehead atoms. The lowest BCUT2D eigenvalue weighted by atomic mass is 10.1. The van der Waals surface area contributed by atoms with Gasteiger partial charge in [-0.1, -0.05) is 6.07 Å². The summed E-state index contributed by atoms with van der Waals surface area (Å²) in [4.78, 5) is 8.01. The number of imidazole rings is 1. The quantitative estimate of drug-likeness (QED) is 0.558. The molecular weight excluding hydrogens is 334 g/mol. The highest BCUT2D eigenvalue weighted by molar-refractivity contribution is 5.79. The minimum atomic E-state index is -0.708. The van der Waals surface area contributed by atoms with Gasteiger partial charge in [-0.2, -0.15) is 4.39 Å². The Morgan fingerprint density at radius 3 is 2.62 bits per heavy atom. The monoisotopic (exact) mass is 350 g/mol. The topological polar surface area (TPSA) is 56.7 Å². The molecule has 26 heavy (non-hydrogen) atoms. The summed E-state index contributed by atoms with van der Waals surface area (Å²) in [5, 5.41) is 0. The number of rotatable bonds is 3. The van der Waals surface area contributed by atoms with E-state index >= 15 is 0 Å². The highest BCUT2D eigenvalue weighted by atomic mass is 19.1. The molecule has 1 unspecified atom stereocenters. The molecule has 0 spiro atoms. The van der Waals surface area contributed by atoms with Crippen LogP contribution in [0.5, 0.6) is 0 Å². The van der Waals surface area contributed by atoms with Crippen molar-refractivity contribution in [1.29, 1.82) is 0 Å². The molecule has 1 atom stereocenters. The molecule has 4 aromatic rings. The minimum absolute atomic E-state index is 0.0875. The van der Waals surface area contributed by atoms with Crippen molar-refractivity contribution >= 4 is 11.0 Å². The number of fused-ring (bicyclic) bond motifs is 1. The number of aromatic nitrogens is 3. The Bertz CT molecular complexity index is 1100. The Morgan fingerprint density at radius 2 is 1.85 bits per heavy atom. The average Bonchev–Trinajstić information content (AvgIpc) is 3.06. The molecule has 2 aromatic carbocycles. The van der Waals surface area contributed by atoms with Gasteiger partial charge in [0.05, 0.1) is 11.0 Å². The summed E-state index contributed by atoms with van der Waals surface area (Å²) >= 11 is 0. The number of pyridine rings is 1. The van der Waals surface area contributed by atoms with Crippen molar-refractivity contribution < 1.29 is 8.78 Å². The smallest absolute Gasteiger partial charge is 0.220 e. The van der Waals surface area contributed by atoms with E-state index in [4.69, 9.17) is 5.73 Å². The van der Waals surface area contributed by atoms with Crippen LogP contribution >= 0.6 is 0 Å². The van der Waals surface area contributed by atoms with Gasteiger partial charge in [-0.3, -0.25) is 4.57 Å². The van der Waals surface area contributed by atoms with Crippen molar-refractivity contribution in [2.24, 2.45) is 5.73 Å². The van der Waals surface area contributed by atoms with Crippen LogP contribution in [0.1, 0.15) is 18.5 Å². The fraction of sp³-hybridized carbons (Fsp3) is 0.100. The fourth-order valence-corrected chi connectivity index (χ4v) is 2.98. The molecule has 0 aliphatic rings. The molecule has 130 valence electrons. The second kappa shape index (κ2) is 6.31. The molecule has 2 aromatic heterocycles. The third-order valence-electron chi connectivity index (χ3n) is 4.37. The lowest BCUT2D eigenvalue weighted by Crippen LogP contribution is -2.04. The van der Waals surface area contributed by atoms with Crippen LogP contribution < -0.4 is 5.73 Å². The van der Waals surface area contributed by atoms with E-state index in [2.05, 4.69) is 9.97 Å². The van der Waals surface area contributed by atoms with Gasteiger partial charge in [0.2, 0.25) is 5.95 Å². The maximum Gasteiger partial charge on any atom is 0.220 e. The zero-order valence-electron chi connectivity index (χ0n) is 14.0. The Morgan fingerprint density at radius 1 is 1.00 bits per heavy atom. The number of halogens is 2. The Balaban J connectivity index is 1.86. The molecule has 4 nitrogen and oxygen atoms in total. The van der Waals surface area contributed by atoms with Crippen molar-refractivity contribution in [3.05, 3.63) is 78.4 Å². The molecule has 0 saturated heterocycles. The van der Waals surface area contributed by atoms with E-state index < -0.39 is 11.8 Å². The highest BCUT2D eigenvalue weighted by Crippen LogP contribution is 2.28. The number of nitrogens with two attached hydrogens (primary N) is 1. The molecule has 0 fully saturated rings. The zero-order valence-corrected chi connectivity index (χ0v) is 14.0. The van der Waals surface area contributed by atoms with Crippen LogP contribution in [0.25, 0.3) is 27.8 Å². The highest BCUT2D eigenvalue weighted by Gasteiger charge is 2.14. The van der Waals surface area contributed by atoms with Gasteiger partial charge in [-0.25, -0.2) is 14.4 Å². The van der Waals surface area contributed by atoms with Crippen molar-refractivity contribution in [2.45, 2.75) is 13.0 Å². The molecule has 2 heterocycles. The van der Waals surface area contributed by atoms with Gasteiger partial charge < -0.3 is 5.73 Å². The summed E-state index contributed by atoms with van der Waals surface area (Å²) in [7, 11) is 0. The predicted molar refractivity (Wildman–Crippen MR) is 96.8 cm³/mol. The van der Waals surface area contributed by atoms with Crippen LogP contribution in [0.2, 0.25) is 0 Å². The maximum absolute atomic E-state index is 14.3. The zero-order chi connectivity index (χ0) is 18.3.